The molecule has 1 unspecified atom stereocenters. The average molecular weight is 496 g/mol. The first kappa shape index (κ1) is 24.3. The topological polar surface area (TPSA) is 123 Å². The lowest BCUT2D eigenvalue weighted by molar-refractivity contribution is -0.147. The summed E-state index contributed by atoms with van der Waals surface area (Å²) in [6.45, 7) is 0.926. The summed E-state index contributed by atoms with van der Waals surface area (Å²) < 4.78 is 8.07. The molecule has 1 atom stereocenters. The highest BCUT2D eigenvalue weighted by Crippen LogP contribution is 2.35. The van der Waals surface area contributed by atoms with Gasteiger partial charge >= 0.3 is 11.8 Å². The molecule has 4 amide bonds. The Balaban J connectivity index is 1.22. The van der Waals surface area contributed by atoms with Crippen molar-refractivity contribution < 1.29 is 23.9 Å². The Hall–Kier alpha value is -3.43. The number of para-hydroxylation sites is 1. The number of carbonyl (C=O) groups excluding carboxylic acids is 4. The van der Waals surface area contributed by atoms with E-state index in [9.17, 15) is 19.2 Å². The summed E-state index contributed by atoms with van der Waals surface area (Å²) in [6, 6.07) is 5.79. The minimum absolute atomic E-state index is 0.102. The smallest absolute Gasteiger partial charge is 0.311 e. The Bertz CT molecular complexity index is 1180. The zero-order valence-electron chi connectivity index (χ0n) is 20.6. The average Bonchev–Trinajstić information content (AvgIpc) is 3.21. The summed E-state index contributed by atoms with van der Waals surface area (Å²) in [4.78, 5) is 50.7. The number of rotatable bonds is 4. The number of piperidine rings is 2. The van der Waals surface area contributed by atoms with E-state index in [1.54, 1.807) is 9.58 Å². The van der Waals surface area contributed by atoms with E-state index in [-0.39, 0.29) is 24.0 Å². The van der Waals surface area contributed by atoms with Crippen LogP contribution >= 0.6 is 0 Å². The summed E-state index contributed by atoms with van der Waals surface area (Å²) in [5.74, 6) is -1.33. The van der Waals surface area contributed by atoms with E-state index in [1.807, 2.05) is 25.2 Å². The summed E-state index contributed by atoms with van der Waals surface area (Å²) >= 11 is 0. The van der Waals surface area contributed by atoms with Gasteiger partial charge in [0.2, 0.25) is 11.8 Å². The van der Waals surface area contributed by atoms with E-state index in [1.165, 1.54) is 6.42 Å². The van der Waals surface area contributed by atoms with Gasteiger partial charge in [-0.3, -0.25) is 29.2 Å². The third kappa shape index (κ3) is 4.94. The Morgan fingerprint density at radius 2 is 1.81 bits per heavy atom. The molecule has 3 heterocycles. The number of imide groups is 1. The molecule has 1 aromatic carbocycles. The maximum absolute atomic E-state index is 12.7. The lowest BCUT2D eigenvalue weighted by atomic mass is 9.93. The lowest BCUT2D eigenvalue weighted by Crippen LogP contribution is -2.50. The van der Waals surface area contributed by atoms with E-state index in [0.717, 1.165) is 36.6 Å². The number of aryl methyl sites for hydroxylation is 1. The Morgan fingerprint density at radius 3 is 2.53 bits per heavy atom. The van der Waals surface area contributed by atoms with Gasteiger partial charge in [-0.1, -0.05) is 31.4 Å². The summed E-state index contributed by atoms with van der Waals surface area (Å²) in [6.07, 6.45) is 7.14. The second kappa shape index (κ2) is 10.3. The van der Waals surface area contributed by atoms with Crippen LogP contribution in [0.15, 0.2) is 18.2 Å². The molecule has 10 heteroatoms. The van der Waals surface area contributed by atoms with Crippen molar-refractivity contribution in [1.29, 1.82) is 0 Å². The maximum Gasteiger partial charge on any atom is 0.311 e. The summed E-state index contributed by atoms with van der Waals surface area (Å²) in [7, 11) is 1.82. The van der Waals surface area contributed by atoms with Gasteiger partial charge in [0.15, 0.2) is 0 Å². The minimum atomic E-state index is -0.498. The molecule has 192 valence electrons. The number of hydrogen-bond acceptors (Lipinski definition) is 6. The maximum atomic E-state index is 12.7. The van der Waals surface area contributed by atoms with Gasteiger partial charge in [0.05, 0.1) is 11.6 Å². The number of likely N-dealkylation sites (tertiary alicyclic amines) is 1. The van der Waals surface area contributed by atoms with Crippen molar-refractivity contribution in [3.05, 3.63) is 23.9 Å². The molecule has 0 bridgehead atoms. The highest BCUT2D eigenvalue weighted by molar-refractivity contribution is 6.35. The van der Waals surface area contributed by atoms with E-state index in [0.29, 0.717) is 50.2 Å². The molecule has 0 radical (unpaired) electrons. The Morgan fingerprint density at radius 1 is 1.06 bits per heavy atom. The molecule has 3 aliphatic rings. The molecule has 2 aliphatic heterocycles. The van der Waals surface area contributed by atoms with Crippen LogP contribution in [0.3, 0.4) is 0 Å². The van der Waals surface area contributed by atoms with Crippen molar-refractivity contribution in [1.82, 2.24) is 25.3 Å². The molecule has 5 rings (SSSR count). The predicted octanol–water partition coefficient (Wildman–Crippen LogP) is 1.91. The number of benzene rings is 1. The van der Waals surface area contributed by atoms with Crippen LogP contribution < -0.4 is 15.4 Å². The normalized spacial score (nSPS) is 21.9. The number of ether oxygens (including phenoxy) is 1. The number of carbonyl (C=O) groups is 4. The molecule has 36 heavy (non-hydrogen) atoms. The van der Waals surface area contributed by atoms with Crippen molar-refractivity contribution in [2.45, 2.75) is 75.9 Å². The first-order valence-corrected chi connectivity index (χ1v) is 13.0. The molecule has 0 spiro atoms. The van der Waals surface area contributed by atoms with Gasteiger partial charge < -0.3 is 15.0 Å². The van der Waals surface area contributed by atoms with Gasteiger partial charge in [0.1, 0.15) is 17.4 Å². The van der Waals surface area contributed by atoms with Crippen LogP contribution in [0.4, 0.5) is 0 Å². The molecule has 2 N–H and O–H groups in total. The van der Waals surface area contributed by atoms with Crippen LogP contribution in [0, 0.1) is 0 Å². The van der Waals surface area contributed by atoms with Crippen molar-refractivity contribution in [3.8, 4) is 5.75 Å². The highest BCUT2D eigenvalue weighted by atomic mass is 16.5. The monoisotopic (exact) mass is 495 g/mol. The molecular weight excluding hydrogens is 462 g/mol. The van der Waals surface area contributed by atoms with Crippen molar-refractivity contribution >= 4 is 34.5 Å². The lowest BCUT2D eigenvalue weighted by Gasteiger charge is -2.32. The zero-order chi connectivity index (χ0) is 25.2. The van der Waals surface area contributed by atoms with Crippen LogP contribution in [0.2, 0.25) is 0 Å². The van der Waals surface area contributed by atoms with E-state index in [2.05, 4.69) is 15.7 Å². The van der Waals surface area contributed by atoms with Gasteiger partial charge in [0.25, 0.3) is 0 Å². The first-order valence-electron chi connectivity index (χ1n) is 13.0. The van der Waals surface area contributed by atoms with Crippen LogP contribution in [0.25, 0.3) is 10.9 Å². The first-order chi connectivity index (χ1) is 17.4. The Kier molecular flexibility index (Phi) is 6.93. The number of amides is 4. The largest absolute Gasteiger partial charge is 0.488 e. The third-order valence-corrected chi connectivity index (χ3v) is 7.58. The van der Waals surface area contributed by atoms with Gasteiger partial charge in [-0.05, 0) is 25.3 Å². The molecule has 2 aromatic rings. The second-order valence-electron chi connectivity index (χ2n) is 10.1. The number of hydrogen-bond donors (Lipinski definition) is 2. The van der Waals surface area contributed by atoms with Crippen molar-refractivity contribution in [3.63, 3.8) is 0 Å². The zero-order valence-corrected chi connectivity index (χ0v) is 20.6. The third-order valence-electron chi connectivity index (χ3n) is 7.58. The fourth-order valence-corrected chi connectivity index (χ4v) is 5.63. The Labute approximate surface area is 209 Å². The van der Waals surface area contributed by atoms with Crippen LogP contribution in [-0.2, 0) is 26.2 Å². The fourth-order valence-electron chi connectivity index (χ4n) is 5.63. The number of fused-ring (bicyclic) bond motifs is 1. The van der Waals surface area contributed by atoms with Gasteiger partial charge in [0, 0.05) is 50.8 Å². The van der Waals surface area contributed by atoms with Gasteiger partial charge in [-0.15, -0.1) is 0 Å². The molecule has 1 aliphatic carbocycles. The van der Waals surface area contributed by atoms with E-state index >= 15 is 0 Å². The second-order valence-corrected chi connectivity index (χ2v) is 10.1. The standard InChI is InChI=1S/C26H33N5O5/c1-30-23-18(22(29-30)19-10-11-21(32)28-24(19)33)8-5-9-20(23)36-17-12-14-31(15-13-17)26(35)25(34)27-16-6-3-2-4-7-16/h5,8-9,16-17,19H,2-4,6-7,10-15H2,1H3,(H,27,34)(H,28,32,33). The molecule has 1 saturated carbocycles. The van der Waals surface area contributed by atoms with Gasteiger partial charge in [-0.25, -0.2) is 0 Å². The van der Waals surface area contributed by atoms with Crippen molar-refractivity contribution in [2.24, 2.45) is 7.05 Å². The van der Waals surface area contributed by atoms with Crippen LogP contribution in [0.5, 0.6) is 5.75 Å². The van der Waals surface area contributed by atoms with E-state index in [4.69, 9.17) is 4.74 Å². The fraction of sp³-hybridized carbons (Fsp3) is 0.577. The van der Waals surface area contributed by atoms with Crippen LogP contribution in [0.1, 0.15) is 69.4 Å². The molecule has 1 aromatic heterocycles. The number of nitrogens with one attached hydrogen (secondary N) is 2. The molecule has 2 saturated heterocycles. The summed E-state index contributed by atoms with van der Waals surface area (Å²) in [5, 5.41) is 10.8. The number of aromatic nitrogens is 2. The van der Waals surface area contributed by atoms with Crippen molar-refractivity contribution in [2.75, 3.05) is 13.1 Å². The predicted molar refractivity (Wildman–Crippen MR) is 131 cm³/mol. The minimum Gasteiger partial charge on any atom is -0.488 e. The SMILES string of the molecule is Cn1nc(C2CCC(=O)NC2=O)c2cccc(OC3CCN(C(=O)C(=O)NC4CCCCC4)CC3)c21. The van der Waals surface area contributed by atoms with E-state index < -0.39 is 17.7 Å². The highest BCUT2D eigenvalue weighted by Gasteiger charge is 2.33. The number of nitrogens with zero attached hydrogens (tertiary/aromatic N) is 3. The summed E-state index contributed by atoms with van der Waals surface area (Å²) in [5.41, 5.74) is 1.44. The molecule has 10 nitrogen and oxygen atoms in total. The van der Waals surface area contributed by atoms with Gasteiger partial charge in [-0.2, -0.15) is 5.10 Å². The molecular formula is C26H33N5O5. The molecule has 3 fully saturated rings. The van der Waals surface area contributed by atoms with Crippen LogP contribution in [-0.4, -0.2) is 63.5 Å². The quantitative estimate of drug-likeness (QED) is 0.494.